The van der Waals surface area contributed by atoms with Gasteiger partial charge in [0.1, 0.15) is 11.3 Å². The van der Waals surface area contributed by atoms with Crippen molar-refractivity contribution in [2.24, 2.45) is 0 Å². The van der Waals surface area contributed by atoms with E-state index in [-0.39, 0.29) is 5.54 Å². The summed E-state index contributed by atoms with van der Waals surface area (Å²) in [6, 6.07) is 4.60. The summed E-state index contributed by atoms with van der Waals surface area (Å²) in [6.45, 7) is 9.51. The molecule has 1 heterocycles. The second kappa shape index (κ2) is 4.38. The summed E-state index contributed by atoms with van der Waals surface area (Å²) in [7, 11) is 0. The van der Waals surface area contributed by atoms with Crippen LogP contribution in [0.1, 0.15) is 49.6 Å². The molecule has 0 bridgehead atoms. The van der Waals surface area contributed by atoms with Gasteiger partial charge >= 0.3 is 0 Å². The Kier molecular flexibility index (Phi) is 2.94. The lowest BCUT2D eigenvalue weighted by Crippen LogP contribution is -2.35. The molecule has 0 radical (unpaired) electrons. The topological polar surface area (TPSA) is 25.2 Å². The van der Waals surface area contributed by atoms with E-state index in [0.717, 1.165) is 17.9 Å². The zero-order valence-corrected chi connectivity index (χ0v) is 12.4. The second-order valence-corrected chi connectivity index (χ2v) is 6.72. The number of hydrogen-bond acceptors (Lipinski definition) is 2. The Labute approximate surface area is 115 Å². The largest absolute Gasteiger partial charge is 0.459 e. The van der Waals surface area contributed by atoms with Crippen LogP contribution in [0.5, 0.6) is 0 Å². The van der Waals surface area contributed by atoms with E-state index in [1.807, 2.05) is 0 Å². The van der Waals surface area contributed by atoms with Crippen molar-refractivity contribution in [3.63, 3.8) is 0 Å². The van der Waals surface area contributed by atoms with Gasteiger partial charge in [0.2, 0.25) is 0 Å². The molecule has 0 aliphatic heterocycles. The number of nitrogens with one attached hydrogen (secondary N) is 1. The molecular formula is C17H23NO. The molecule has 0 saturated carbocycles. The maximum Gasteiger partial charge on any atom is 0.134 e. The first-order chi connectivity index (χ1) is 8.94. The first-order valence-electron chi connectivity index (χ1n) is 7.23. The first kappa shape index (κ1) is 12.7. The van der Waals surface area contributed by atoms with E-state index in [1.165, 1.54) is 41.3 Å². The molecule has 0 spiro atoms. The van der Waals surface area contributed by atoms with Crippen molar-refractivity contribution in [3.8, 4) is 0 Å². The summed E-state index contributed by atoms with van der Waals surface area (Å²) < 4.78 is 6.06. The lowest BCUT2D eigenvalue weighted by atomic mass is 10.0. The zero-order chi connectivity index (χ0) is 13.6. The van der Waals surface area contributed by atoms with Crippen LogP contribution in [0.2, 0.25) is 0 Å². The predicted molar refractivity (Wildman–Crippen MR) is 79.6 cm³/mol. The summed E-state index contributed by atoms with van der Waals surface area (Å²) in [4.78, 5) is 0. The molecule has 0 unspecified atom stereocenters. The minimum absolute atomic E-state index is 0.118. The van der Waals surface area contributed by atoms with Crippen LogP contribution in [-0.2, 0) is 19.4 Å². The molecule has 1 aliphatic rings. The third-order valence-electron chi connectivity index (χ3n) is 4.03. The molecule has 3 rings (SSSR count). The lowest BCUT2D eigenvalue weighted by Gasteiger charge is -2.19. The molecule has 1 aromatic heterocycles. The van der Waals surface area contributed by atoms with E-state index in [2.05, 4.69) is 45.1 Å². The highest BCUT2D eigenvalue weighted by Crippen LogP contribution is 2.32. The average Bonchev–Trinajstić information content (AvgIpc) is 2.88. The quantitative estimate of drug-likeness (QED) is 0.875. The van der Waals surface area contributed by atoms with Crippen LogP contribution in [0.15, 0.2) is 16.5 Å². The average molecular weight is 257 g/mol. The standard InChI is InChI=1S/C17H23NO/c1-11-14-8-12-6-5-7-13(12)9-15(14)19-16(11)10-18-17(2,3)4/h8-9,18H,5-7,10H2,1-4H3. The Bertz CT molecular complexity index is 616. The number of furan rings is 1. The monoisotopic (exact) mass is 257 g/mol. The van der Waals surface area contributed by atoms with Crippen LogP contribution in [0, 0.1) is 6.92 Å². The van der Waals surface area contributed by atoms with Crippen LogP contribution in [0.25, 0.3) is 11.0 Å². The molecule has 1 aromatic carbocycles. The van der Waals surface area contributed by atoms with Gasteiger partial charge < -0.3 is 9.73 Å². The van der Waals surface area contributed by atoms with Crippen molar-refractivity contribution in [2.75, 3.05) is 0 Å². The van der Waals surface area contributed by atoms with Gasteiger partial charge in [-0.05, 0) is 75.8 Å². The molecule has 19 heavy (non-hydrogen) atoms. The van der Waals surface area contributed by atoms with Gasteiger partial charge in [-0.15, -0.1) is 0 Å². The fraction of sp³-hybridized carbons (Fsp3) is 0.529. The lowest BCUT2D eigenvalue weighted by molar-refractivity contribution is 0.394. The summed E-state index contributed by atoms with van der Waals surface area (Å²) in [5.74, 6) is 1.08. The highest BCUT2D eigenvalue weighted by Gasteiger charge is 2.18. The molecule has 2 aromatic rings. The molecule has 2 heteroatoms. The van der Waals surface area contributed by atoms with Crippen molar-refractivity contribution in [1.82, 2.24) is 5.32 Å². The van der Waals surface area contributed by atoms with Crippen LogP contribution in [-0.4, -0.2) is 5.54 Å². The maximum atomic E-state index is 6.06. The summed E-state index contributed by atoms with van der Waals surface area (Å²) in [5.41, 5.74) is 5.47. The van der Waals surface area contributed by atoms with Gasteiger partial charge in [-0.3, -0.25) is 0 Å². The molecule has 0 saturated heterocycles. The number of fused-ring (bicyclic) bond motifs is 2. The second-order valence-electron chi connectivity index (χ2n) is 6.72. The van der Waals surface area contributed by atoms with Crippen molar-refractivity contribution >= 4 is 11.0 Å². The molecule has 0 fully saturated rings. The Morgan fingerprint density at radius 2 is 1.84 bits per heavy atom. The highest BCUT2D eigenvalue weighted by atomic mass is 16.3. The molecule has 102 valence electrons. The zero-order valence-electron chi connectivity index (χ0n) is 12.4. The van der Waals surface area contributed by atoms with E-state index < -0.39 is 0 Å². The van der Waals surface area contributed by atoms with Crippen molar-refractivity contribution in [3.05, 3.63) is 34.6 Å². The molecule has 0 atom stereocenters. The van der Waals surface area contributed by atoms with E-state index in [4.69, 9.17) is 4.42 Å². The Hall–Kier alpha value is -1.28. The molecular weight excluding hydrogens is 234 g/mol. The van der Waals surface area contributed by atoms with Gasteiger partial charge in [-0.1, -0.05) is 0 Å². The van der Waals surface area contributed by atoms with Crippen molar-refractivity contribution in [2.45, 2.75) is 59.0 Å². The highest BCUT2D eigenvalue weighted by molar-refractivity contribution is 5.84. The fourth-order valence-electron chi connectivity index (χ4n) is 2.85. The van der Waals surface area contributed by atoms with Gasteiger partial charge in [-0.25, -0.2) is 0 Å². The SMILES string of the molecule is Cc1c(CNC(C)(C)C)oc2cc3c(cc12)CCC3. The normalized spacial score (nSPS) is 15.2. The third-order valence-corrected chi connectivity index (χ3v) is 4.03. The van der Waals surface area contributed by atoms with Crippen LogP contribution in [0.3, 0.4) is 0 Å². The Morgan fingerprint density at radius 3 is 2.53 bits per heavy atom. The number of hydrogen-bond donors (Lipinski definition) is 1. The van der Waals surface area contributed by atoms with E-state index >= 15 is 0 Å². The fourth-order valence-corrected chi connectivity index (χ4v) is 2.85. The molecule has 1 aliphatic carbocycles. The summed E-state index contributed by atoms with van der Waals surface area (Å²) in [5, 5.41) is 4.80. The van der Waals surface area contributed by atoms with Gasteiger partial charge in [0.15, 0.2) is 0 Å². The minimum atomic E-state index is 0.118. The van der Waals surface area contributed by atoms with Gasteiger partial charge in [0.25, 0.3) is 0 Å². The van der Waals surface area contributed by atoms with Crippen LogP contribution < -0.4 is 5.32 Å². The van der Waals surface area contributed by atoms with Crippen LogP contribution >= 0.6 is 0 Å². The third kappa shape index (κ3) is 2.42. The van der Waals surface area contributed by atoms with Gasteiger partial charge in [0, 0.05) is 10.9 Å². The summed E-state index contributed by atoms with van der Waals surface area (Å²) in [6.07, 6.45) is 3.73. The predicted octanol–water partition coefficient (Wildman–Crippen LogP) is 4.12. The molecule has 0 amide bonds. The van der Waals surface area contributed by atoms with Gasteiger partial charge in [-0.2, -0.15) is 0 Å². The number of aryl methyl sites for hydroxylation is 3. The van der Waals surface area contributed by atoms with Gasteiger partial charge in [0.05, 0.1) is 6.54 Å². The Morgan fingerprint density at radius 1 is 1.16 bits per heavy atom. The number of benzene rings is 1. The van der Waals surface area contributed by atoms with Crippen molar-refractivity contribution in [1.29, 1.82) is 0 Å². The van der Waals surface area contributed by atoms with E-state index in [9.17, 15) is 0 Å². The van der Waals surface area contributed by atoms with E-state index in [0.29, 0.717) is 0 Å². The van der Waals surface area contributed by atoms with Crippen molar-refractivity contribution < 1.29 is 4.42 Å². The molecule has 2 nitrogen and oxygen atoms in total. The summed E-state index contributed by atoms with van der Waals surface area (Å²) >= 11 is 0. The Balaban J connectivity index is 1.97. The maximum absolute atomic E-state index is 6.06. The number of rotatable bonds is 2. The smallest absolute Gasteiger partial charge is 0.134 e. The van der Waals surface area contributed by atoms with Crippen LogP contribution in [0.4, 0.5) is 0 Å². The van der Waals surface area contributed by atoms with E-state index in [1.54, 1.807) is 0 Å². The molecule has 1 N–H and O–H groups in total. The minimum Gasteiger partial charge on any atom is -0.459 e. The first-order valence-corrected chi connectivity index (χ1v) is 7.23.